The molecule has 0 unspecified atom stereocenters. The van der Waals surface area contributed by atoms with Crippen LogP contribution in [0, 0.1) is 0 Å². The lowest BCUT2D eigenvalue weighted by Crippen LogP contribution is -2.19. The first kappa shape index (κ1) is 25.3. The summed E-state index contributed by atoms with van der Waals surface area (Å²) in [5.74, 6) is 1.03. The summed E-state index contributed by atoms with van der Waals surface area (Å²) in [7, 11) is -3.28. The fourth-order valence-corrected chi connectivity index (χ4v) is 4.56. The van der Waals surface area contributed by atoms with Gasteiger partial charge in [-0.3, -0.25) is 0 Å². The highest BCUT2D eigenvalue weighted by Crippen LogP contribution is 2.32. The van der Waals surface area contributed by atoms with Gasteiger partial charge in [0.05, 0.1) is 4.90 Å². The number of carbonyl (C=O) groups excluding carboxylic acids is 1. The number of anilines is 1. The van der Waals surface area contributed by atoms with Gasteiger partial charge >= 0.3 is 6.03 Å². The van der Waals surface area contributed by atoms with Gasteiger partial charge in [0.15, 0.2) is 9.84 Å². The van der Waals surface area contributed by atoms with Crippen molar-refractivity contribution in [3.63, 3.8) is 0 Å². The maximum absolute atomic E-state index is 13.1. The van der Waals surface area contributed by atoms with E-state index in [1.165, 1.54) is 16.8 Å². The zero-order chi connectivity index (χ0) is 26.7. The molecule has 1 N–H and O–H groups in total. The first-order valence-electron chi connectivity index (χ1n) is 11.6. The molecule has 4 aromatic carbocycles. The minimum atomic E-state index is -3.28. The topological polar surface area (TPSA) is 90.3 Å². The quantitative estimate of drug-likeness (QED) is 0.246. The summed E-state index contributed by atoms with van der Waals surface area (Å²) in [5, 5.41) is 8.03. The predicted octanol–water partition coefficient (Wildman–Crippen LogP) is 7.15. The normalized spacial score (nSPS) is 11.2. The number of aromatic nitrogens is 2. The molecular weight excluding hydrogens is 522 g/mol. The SMILES string of the molecule is CS(=O)(=O)c1ccc(Oc2ccc(NC(=O)n3cc(-c4ccccc4)c(-c4ccc(Cl)cc4)n3)cc2)cc1. The molecule has 0 aliphatic heterocycles. The number of hydrogen-bond acceptors (Lipinski definition) is 5. The average molecular weight is 544 g/mol. The number of carbonyl (C=O) groups is 1. The van der Waals surface area contributed by atoms with E-state index in [9.17, 15) is 13.2 Å². The standard InChI is InChI=1S/C29H22ClN3O4S/c1-38(35,36)26-17-15-25(16-18-26)37-24-13-11-23(12-14-24)31-29(34)33-19-27(20-5-3-2-4-6-20)28(32-33)21-7-9-22(30)10-8-21/h2-19H,1H3,(H,31,34). The predicted molar refractivity (Wildman–Crippen MR) is 149 cm³/mol. The van der Waals surface area contributed by atoms with E-state index in [1.807, 2.05) is 42.5 Å². The van der Waals surface area contributed by atoms with Crippen LogP contribution in [0.2, 0.25) is 5.02 Å². The van der Waals surface area contributed by atoms with E-state index in [0.717, 1.165) is 22.9 Å². The Labute approximate surface area is 225 Å². The Bertz CT molecular complexity index is 1680. The number of sulfone groups is 1. The van der Waals surface area contributed by atoms with Crippen LogP contribution >= 0.6 is 11.6 Å². The highest BCUT2D eigenvalue weighted by molar-refractivity contribution is 7.90. The molecule has 38 heavy (non-hydrogen) atoms. The van der Waals surface area contributed by atoms with Gasteiger partial charge in [0.25, 0.3) is 0 Å². The van der Waals surface area contributed by atoms with Gasteiger partial charge in [0.2, 0.25) is 0 Å². The first-order chi connectivity index (χ1) is 18.3. The first-order valence-corrected chi connectivity index (χ1v) is 13.8. The summed E-state index contributed by atoms with van der Waals surface area (Å²) in [6.07, 6.45) is 2.85. The van der Waals surface area contributed by atoms with Crippen molar-refractivity contribution in [1.82, 2.24) is 9.78 Å². The third kappa shape index (κ3) is 5.77. The molecule has 0 atom stereocenters. The lowest BCUT2D eigenvalue weighted by Gasteiger charge is -2.08. The molecule has 7 nitrogen and oxygen atoms in total. The molecule has 0 aliphatic rings. The smallest absolute Gasteiger partial charge is 0.346 e. The second-order valence-corrected chi connectivity index (χ2v) is 11.0. The summed E-state index contributed by atoms with van der Waals surface area (Å²) in [6, 6.07) is 29.6. The summed E-state index contributed by atoms with van der Waals surface area (Å²) in [6.45, 7) is 0. The zero-order valence-electron chi connectivity index (χ0n) is 20.2. The van der Waals surface area contributed by atoms with Gasteiger partial charge in [-0.05, 0) is 66.2 Å². The monoisotopic (exact) mass is 543 g/mol. The van der Waals surface area contributed by atoms with E-state index < -0.39 is 15.9 Å². The van der Waals surface area contributed by atoms with Crippen LogP contribution in [0.1, 0.15) is 0 Å². The molecule has 1 heterocycles. The van der Waals surface area contributed by atoms with Crippen LogP contribution < -0.4 is 10.1 Å². The summed E-state index contributed by atoms with van der Waals surface area (Å²) in [4.78, 5) is 13.3. The van der Waals surface area contributed by atoms with Crippen LogP contribution in [0.25, 0.3) is 22.4 Å². The van der Waals surface area contributed by atoms with Crippen LogP contribution in [0.15, 0.2) is 114 Å². The Morgan fingerprint density at radius 3 is 2.03 bits per heavy atom. The van der Waals surface area contributed by atoms with E-state index >= 15 is 0 Å². The number of nitrogens with zero attached hydrogens (tertiary/aromatic N) is 2. The summed E-state index contributed by atoms with van der Waals surface area (Å²) >= 11 is 6.06. The zero-order valence-corrected chi connectivity index (χ0v) is 21.8. The van der Waals surface area contributed by atoms with Crippen LogP contribution in [-0.2, 0) is 9.84 Å². The Balaban J connectivity index is 1.34. The minimum absolute atomic E-state index is 0.219. The van der Waals surface area contributed by atoms with Crippen molar-refractivity contribution in [3.8, 4) is 33.9 Å². The third-order valence-corrected chi connectivity index (χ3v) is 7.10. The van der Waals surface area contributed by atoms with Crippen molar-refractivity contribution in [1.29, 1.82) is 0 Å². The molecule has 0 aliphatic carbocycles. The van der Waals surface area contributed by atoms with E-state index in [-0.39, 0.29) is 4.90 Å². The van der Waals surface area contributed by atoms with Crippen LogP contribution in [0.4, 0.5) is 10.5 Å². The third-order valence-electron chi connectivity index (χ3n) is 5.72. The van der Waals surface area contributed by atoms with E-state index in [0.29, 0.717) is 27.9 Å². The molecule has 0 saturated carbocycles. The van der Waals surface area contributed by atoms with Crippen LogP contribution in [-0.4, -0.2) is 30.5 Å². The van der Waals surface area contributed by atoms with E-state index in [4.69, 9.17) is 16.3 Å². The van der Waals surface area contributed by atoms with E-state index in [1.54, 1.807) is 54.7 Å². The van der Waals surface area contributed by atoms with Gasteiger partial charge in [-0.2, -0.15) is 9.78 Å². The molecule has 1 aromatic heterocycles. The number of ether oxygens (including phenoxy) is 1. The fraction of sp³-hybridized carbons (Fsp3) is 0.0345. The van der Waals surface area contributed by atoms with Crippen molar-refractivity contribution < 1.29 is 17.9 Å². The van der Waals surface area contributed by atoms with Gasteiger partial charge in [-0.25, -0.2) is 13.2 Å². The van der Waals surface area contributed by atoms with Gasteiger partial charge in [0.1, 0.15) is 17.2 Å². The molecule has 190 valence electrons. The molecule has 0 fully saturated rings. The van der Waals surface area contributed by atoms with Crippen molar-refractivity contribution in [2.24, 2.45) is 0 Å². The molecule has 0 spiro atoms. The number of rotatable bonds is 6. The molecule has 0 radical (unpaired) electrons. The number of benzene rings is 4. The number of amides is 1. The Kier molecular flexibility index (Phi) is 7.00. The minimum Gasteiger partial charge on any atom is -0.457 e. The molecule has 1 amide bonds. The van der Waals surface area contributed by atoms with Crippen LogP contribution in [0.3, 0.4) is 0 Å². The lowest BCUT2D eigenvalue weighted by atomic mass is 10.0. The Hall–Kier alpha value is -4.40. The molecule has 5 aromatic rings. The molecule has 0 saturated heterocycles. The molecule has 5 rings (SSSR count). The maximum Gasteiger partial charge on any atom is 0.346 e. The van der Waals surface area contributed by atoms with Crippen molar-refractivity contribution in [3.05, 3.63) is 114 Å². The second-order valence-electron chi connectivity index (χ2n) is 8.51. The van der Waals surface area contributed by atoms with Gasteiger partial charge in [0, 0.05) is 34.3 Å². The lowest BCUT2D eigenvalue weighted by molar-refractivity contribution is 0.251. The van der Waals surface area contributed by atoms with Crippen molar-refractivity contribution in [2.45, 2.75) is 4.90 Å². The van der Waals surface area contributed by atoms with Crippen molar-refractivity contribution >= 4 is 33.2 Å². The number of nitrogens with one attached hydrogen (secondary N) is 1. The summed E-state index contributed by atoms with van der Waals surface area (Å²) in [5.41, 5.74) is 3.80. The highest BCUT2D eigenvalue weighted by atomic mass is 35.5. The largest absolute Gasteiger partial charge is 0.457 e. The Morgan fingerprint density at radius 2 is 1.42 bits per heavy atom. The van der Waals surface area contributed by atoms with Gasteiger partial charge in [-0.1, -0.05) is 54.1 Å². The second kappa shape index (κ2) is 10.5. The summed E-state index contributed by atoms with van der Waals surface area (Å²) < 4.78 is 30.3. The van der Waals surface area contributed by atoms with Gasteiger partial charge in [-0.15, -0.1) is 0 Å². The van der Waals surface area contributed by atoms with Crippen LogP contribution in [0.5, 0.6) is 11.5 Å². The fourth-order valence-electron chi connectivity index (χ4n) is 3.81. The molecule has 9 heteroatoms. The number of hydrogen-bond donors (Lipinski definition) is 1. The maximum atomic E-state index is 13.1. The average Bonchev–Trinajstić information content (AvgIpc) is 3.36. The van der Waals surface area contributed by atoms with Gasteiger partial charge < -0.3 is 10.1 Å². The molecular formula is C29H22ClN3O4S. The molecule has 0 bridgehead atoms. The van der Waals surface area contributed by atoms with E-state index in [2.05, 4.69) is 10.4 Å². The Morgan fingerprint density at radius 1 is 0.816 bits per heavy atom. The van der Waals surface area contributed by atoms with Crippen molar-refractivity contribution in [2.75, 3.05) is 11.6 Å². The number of halogens is 1. The highest BCUT2D eigenvalue weighted by Gasteiger charge is 2.17.